The summed E-state index contributed by atoms with van der Waals surface area (Å²) in [4.78, 5) is 16.0. The molecule has 0 saturated carbocycles. The number of nitrogens with zero attached hydrogens (tertiary/aromatic N) is 1. The summed E-state index contributed by atoms with van der Waals surface area (Å²) in [5, 5.41) is 0. The van der Waals surface area contributed by atoms with Gasteiger partial charge in [-0.25, -0.2) is 4.79 Å². The average Bonchev–Trinajstić information content (AvgIpc) is 2.55. The van der Waals surface area contributed by atoms with Crippen LogP contribution in [0.3, 0.4) is 0 Å². The van der Waals surface area contributed by atoms with Crippen LogP contribution < -0.4 is 4.74 Å². The Morgan fingerprint density at radius 2 is 1.81 bits per heavy atom. The fraction of sp³-hybridized carbons (Fsp3) is 0.176. The molecule has 0 bridgehead atoms. The van der Waals surface area contributed by atoms with Gasteiger partial charge in [0.1, 0.15) is 5.75 Å². The van der Waals surface area contributed by atoms with Crippen molar-refractivity contribution in [3.05, 3.63) is 60.2 Å². The number of benzene rings is 2. The standard InChI is InChI=1S/C17H17NO3/c1-20-16-10-8-14(9-11-16)17(19)21-13-5-12-18-15-6-3-2-4-7-15/h2-4,6-12H,5,13H2,1H3. The molecule has 0 fully saturated rings. The average molecular weight is 283 g/mol. The van der Waals surface area contributed by atoms with Crippen molar-refractivity contribution in [2.45, 2.75) is 6.42 Å². The van der Waals surface area contributed by atoms with Gasteiger partial charge in [-0.15, -0.1) is 0 Å². The predicted octanol–water partition coefficient (Wildman–Crippen LogP) is 3.64. The van der Waals surface area contributed by atoms with Crippen LogP contribution >= 0.6 is 0 Å². The SMILES string of the molecule is COc1ccc(C(=O)OCCC=Nc2ccccc2)cc1. The van der Waals surface area contributed by atoms with Gasteiger partial charge < -0.3 is 9.47 Å². The first-order valence-corrected chi connectivity index (χ1v) is 6.68. The highest BCUT2D eigenvalue weighted by molar-refractivity contribution is 5.89. The van der Waals surface area contributed by atoms with Crippen molar-refractivity contribution in [2.24, 2.45) is 4.99 Å². The second-order valence-electron chi connectivity index (χ2n) is 4.30. The van der Waals surface area contributed by atoms with Crippen molar-refractivity contribution in [3.8, 4) is 5.75 Å². The van der Waals surface area contributed by atoms with Gasteiger partial charge in [0.25, 0.3) is 0 Å². The lowest BCUT2D eigenvalue weighted by Gasteiger charge is -2.04. The van der Waals surface area contributed by atoms with Crippen molar-refractivity contribution in [1.29, 1.82) is 0 Å². The van der Waals surface area contributed by atoms with Crippen LogP contribution in [0.25, 0.3) is 0 Å². The molecule has 0 aromatic heterocycles. The van der Waals surface area contributed by atoms with E-state index in [-0.39, 0.29) is 5.97 Å². The number of carbonyl (C=O) groups is 1. The van der Waals surface area contributed by atoms with E-state index in [1.54, 1.807) is 37.6 Å². The van der Waals surface area contributed by atoms with Gasteiger partial charge in [0.15, 0.2) is 0 Å². The van der Waals surface area contributed by atoms with Crippen molar-refractivity contribution in [3.63, 3.8) is 0 Å². The summed E-state index contributed by atoms with van der Waals surface area (Å²) in [5.41, 5.74) is 1.40. The van der Waals surface area contributed by atoms with Crippen LogP contribution in [0.5, 0.6) is 5.75 Å². The third-order valence-electron chi connectivity index (χ3n) is 2.80. The first-order chi connectivity index (χ1) is 10.3. The zero-order valence-corrected chi connectivity index (χ0v) is 11.9. The lowest BCUT2D eigenvalue weighted by atomic mass is 10.2. The first-order valence-electron chi connectivity index (χ1n) is 6.68. The quantitative estimate of drug-likeness (QED) is 0.462. The number of esters is 1. The Morgan fingerprint density at radius 3 is 2.48 bits per heavy atom. The highest BCUT2D eigenvalue weighted by Gasteiger charge is 2.06. The fourth-order valence-corrected chi connectivity index (χ4v) is 1.70. The van der Waals surface area contributed by atoms with Crippen molar-refractivity contribution < 1.29 is 14.3 Å². The van der Waals surface area contributed by atoms with Crippen LogP contribution in [-0.4, -0.2) is 25.9 Å². The Morgan fingerprint density at radius 1 is 1.10 bits per heavy atom. The summed E-state index contributed by atoms with van der Waals surface area (Å²) in [6, 6.07) is 16.4. The maximum absolute atomic E-state index is 11.8. The fourth-order valence-electron chi connectivity index (χ4n) is 1.70. The monoisotopic (exact) mass is 283 g/mol. The van der Waals surface area contributed by atoms with Crippen LogP contribution in [0.4, 0.5) is 5.69 Å². The van der Waals surface area contributed by atoms with E-state index in [4.69, 9.17) is 9.47 Å². The van der Waals surface area contributed by atoms with Crippen LogP contribution in [-0.2, 0) is 4.74 Å². The van der Waals surface area contributed by atoms with Gasteiger partial charge in [0, 0.05) is 12.6 Å². The number of methoxy groups -OCH3 is 1. The van der Waals surface area contributed by atoms with Crippen molar-refractivity contribution >= 4 is 17.9 Å². The Bertz CT molecular complexity index is 591. The highest BCUT2D eigenvalue weighted by atomic mass is 16.5. The topological polar surface area (TPSA) is 47.9 Å². The molecule has 0 atom stereocenters. The second kappa shape index (κ2) is 7.85. The molecule has 2 rings (SSSR count). The molecule has 108 valence electrons. The lowest BCUT2D eigenvalue weighted by Crippen LogP contribution is -2.06. The molecule has 2 aromatic rings. The number of ether oxygens (including phenoxy) is 2. The summed E-state index contributed by atoms with van der Waals surface area (Å²) in [6.45, 7) is 0.307. The van der Waals surface area contributed by atoms with Gasteiger partial charge in [0.05, 0.1) is 25.0 Å². The lowest BCUT2D eigenvalue weighted by molar-refractivity contribution is 0.0516. The minimum atomic E-state index is -0.342. The largest absolute Gasteiger partial charge is 0.497 e. The highest BCUT2D eigenvalue weighted by Crippen LogP contribution is 2.12. The minimum Gasteiger partial charge on any atom is -0.497 e. The summed E-state index contributed by atoms with van der Waals surface area (Å²) < 4.78 is 10.2. The molecule has 2 aromatic carbocycles. The van der Waals surface area contributed by atoms with E-state index in [0.29, 0.717) is 24.3 Å². The Labute approximate surface area is 124 Å². The molecule has 0 aliphatic heterocycles. The minimum absolute atomic E-state index is 0.307. The number of aliphatic imine (C=N–C) groups is 1. The molecule has 4 nitrogen and oxygen atoms in total. The Balaban J connectivity index is 1.75. The van der Waals surface area contributed by atoms with Crippen molar-refractivity contribution in [2.75, 3.05) is 13.7 Å². The maximum atomic E-state index is 11.8. The number of hydrogen-bond donors (Lipinski definition) is 0. The van der Waals surface area contributed by atoms with E-state index in [2.05, 4.69) is 4.99 Å². The number of carbonyl (C=O) groups excluding carboxylic acids is 1. The zero-order valence-electron chi connectivity index (χ0n) is 11.9. The van der Waals surface area contributed by atoms with Crippen LogP contribution in [0.2, 0.25) is 0 Å². The van der Waals surface area contributed by atoms with E-state index in [9.17, 15) is 4.79 Å². The van der Waals surface area contributed by atoms with Gasteiger partial charge in [-0.3, -0.25) is 4.99 Å². The van der Waals surface area contributed by atoms with Gasteiger partial charge in [-0.2, -0.15) is 0 Å². The normalized spacial score (nSPS) is 10.5. The first kappa shape index (κ1) is 14.8. The number of rotatable bonds is 6. The molecular formula is C17H17NO3. The zero-order chi connectivity index (χ0) is 14.9. The van der Waals surface area contributed by atoms with Gasteiger partial charge in [-0.1, -0.05) is 18.2 Å². The Hall–Kier alpha value is -2.62. The number of para-hydroxylation sites is 1. The molecule has 0 N–H and O–H groups in total. The van der Waals surface area contributed by atoms with Gasteiger partial charge in [0.2, 0.25) is 0 Å². The molecular weight excluding hydrogens is 266 g/mol. The van der Waals surface area contributed by atoms with Crippen LogP contribution in [0, 0.1) is 0 Å². The molecule has 0 aliphatic carbocycles. The molecule has 21 heavy (non-hydrogen) atoms. The van der Waals surface area contributed by atoms with Crippen molar-refractivity contribution in [1.82, 2.24) is 0 Å². The van der Waals surface area contributed by atoms with Crippen LogP contribution in [0.1, 0.15) is 16.8 Å². The molecule has 4 heteroatoms. The smallest absolute Gasteiger partial charge is 0.338 e. The maximum Gasteiger partial charge on any atom is 0.338 e. The van der Waals surface area contributed by atoms with E-state index in [1.165, 1.54) is 0 Å². The Kier molecular flexibility index (Phi) is 5.52. The van der Waals surface area contributed by atoms with E-state index < -0.39 is 0 Å². The van der Waals surface area contributed by atoms with Gasteiger partial charge >= 0.3 is 5.97 Å². The molecule has 0 aliphatic rings. The molecule has 0 radical (unpaired) electrons. The summed E-state index contributed by atoms with van der Waals surface area (Å²) in [5.74, 6) is 0.368. The molecule has 0 heterocycles. The molecule has 0 unspecified atom stereocenters. The summed E-state index contributed by atoms with van der Waals surface area (Å²) in [7, 11) is 1.58. The molecule has 0 spiro atoms. The van der Waals surface area contributed by atoms with E-state index in [1.807, 2.05) is 30.3 Å². The molecule has 0 amide bonds. The van der Waals surface area contributed by atoms with E-state index in [0.717, 1.165) is 5.69 Å². The predicted molar refractivity (Wildman–Crippen MR) is 82.5 cm³/mol. The summed E-state index contributed by atoms with van der Waals surface area (Å²) >= 11 is 0. The third kappa shape index (κ3) is 4.76. The van der Waals surface area contributed by atoms with E-state index >= 15 is 0 Å². The molecule has 0 saturated heterocycles. The number of hydrogen-bond acceptors (Lipinski definition) is 4. The summed E-state index contributed by atoms with van der Waals surface area (Å²) in [6.07, 6.45) is 2.33. The second-order valence-corrected chi connectivity index (χ2v) is 4.30. The van der Waals surface area contributed by atoms with Crippen LogP contribution in [0.15, 0.2) is 59.6 Å². The van der Waals surface area contributed by atoms with Gasteiger partial charge in [-0.05, 0) is 36.4 Å². The third-order valence-corrected chi connectivity index (χ3v) is 2.80.